The van der Waals surface area contributed by atoms with Crippen LogP contribution in [0.1, 0.15) is 46.1 Å². The Kier molecular flexibility index (Phi) is 4.34. The summed E-state index contributed by atoms with van der Waals surface area (Å²) in [7, 11) is 0. The van der Waals surface area contributed by atoms with E-state index < -0.39 is 31.2 Å². The summed E-state index contributed by atoms with van der Waals surface area (Å²) < 4.78 is 39.3. The van der Waals surface area contributed by atoms with E-state index in [1.54, 1.807) is 12.1 Å². The van der Waals surface area contributed by atoms with E-state index in [1.165, 1.54) is 10.9 Å². The van der Waals surface area contributed by atoms with Gasteiger partial charge in [-0.2, -0.15) is 23.5 Å². The minimum Gasteiger partial charge on any atom is -0.394 e. The topological polar surface area (TPSA) is 104 Å². The molecular weight excluding hydrogens is 375 g/mol. The third-order valence-corrected chi connectivity index (χ3v) is 5.10. The molecule has 1 saturated carbocycles. The molecule has 2 aromatic rings. The van der Waals surface area contributed by atoms with Crippen molar-refractivity contribution in [3.63, 3.8) is 0 Å². The number of carbonyl (C=O) groups excluding carboxylic acids is 1. The fourth-order valence-electron chi connectivity index (χ4n) is 3.77. The van der Waals surface area contributed by atoms with Gasteiger partial charge >= 0.3 is 6.18 Å². The molecule has 28 heavy (non-hydrogen) atoms. The fourth-order valence-corrected chi connectivity index (χ4v) is 3.77. The number of hydrogen-bond acceptors (Lipinski definition) is 5. The van der Waals surface area contributed by atoms with Crippen LogP contribution in [0, 0.1) is 17.2 Å². The van der Waals surface area contributed by atoms with Crippen LogP contribution >= 0.6 is 0 Å². The highest BCUT2D eigenvalue weighted by Crippen LogP contribution is 2.57. The van der Waals surface area contributed by atoms with Gasteiger partial charge < -0.3 is 10.4 Å². The minimum atomic E-state index is -4.51. The average Bonchev–Trinajstić information content (AvgIpc) is 3.15. The van der Waals surface area contributed by atoms with Crippen LogP contribution in [0.5, 0.6) is 0 Å². The SMILES string of the molecule is N#Cc1ccnc(-n2nc(C(=O)N[C@H](CO)CC(F)(F)F)c3c2[C@H]2C[C@H]2C3)c1. The quantitative estimate of drug-likeness (QED) is 0.810. The maximum Gasteiger partial charge on any atom is 0.391 e. The lowest BCUT2D eigenvalue weighted by atomic mass is 10.1. The lowest BCUT2D eigenvalue weighted by Gasteiger charge is -2.17. The smallest absolute Gasteiger partial charge is 0.391 e. The van der Waals surface area contributed by atoms with Crippen molar-refractivity contribution >= 4 is 5.91 Å². The molecule has 0 aromatic carbocycles. The highest BCUT2D eigenvalue weighted by atomic mass is 19.4. The fraction of sp³-hybridized carbons (Fsp3) is 0.444. The van der Waals surface area contributed by atoms with Crippen LogP contribution in [0.3, 0.4) is 0 Å². The number of halogens is 3. The van der Waals surface area contributed by atoms with Crippen LogP contribution in [-0.4, -0.2) is 44.6 Å². The molecule has 0 aliphatic heterocycles. The summed E-state index contributed by atoms with van der Waals surface area (Å²) in [5.41, 5.74) is 1.96. The summed E-state index contributed by atoms with van der Waals surface area (Å²) in [6.45, 7) is -0.828. The molecule has 0 radical (unpaired) electrons. The number of nitriles is 1. The lowest BCUT2D eigenvalue weighted by molar-refractivity contribution is -0.141. The van der Waals surface area contributed by atoms with Gasteiger partial charge in [-0.15, -0.1) is 0 Å². The molecule has 146 valence electrons. The van der Waals surface area contributed by atoms with Crippen LogP contribution in [0.25, 0.3) is 5.82 Å². The van der Waals surface area contributed by atoms with Crippen molar-refractivity contribution in [1.82, 2.24) is 20.1 Å². The second-order valence-corrected chi connectivity index (χ2v) is 7.12. The van der Waals surface area contributed by atoms with Gasteiger partial charge in [0.2, 0.25) is 0 Å². The zero-order chi connectivity index (χ0) is 20.1. The number of aromatic nitrogens is 3. The Balaban J connectivity index is 1.67. The molecule has 4 rings (SSSR count). The van der Waals surface area contributed by atoms with Crippen molar-refractivity contribution in [2.45, 2.75) is 37.4 Å². The lowest BCUT2D eigenvalue weighted by Crippen LogP contribution is -2.41. The molecule has 2 N–H and O–H groups in total. The molecule has 1 fully saturated rings. The van der Waals surface area contributed by atoms with Crippen molar-refractivity contribution in [2.24, 2.45) is 5.92 Å². The van der Waals surface area contributed by atoms with Crippen molar-refractivity contribution in [3.05, 3.63) is 40.8 Å². The standard InChI is InChI=1S/C18H16F3N5O2/c19-18(20,21)6-11(8-27)24-17(28)15-13-5-10-4-12(10)16(13)26(25-15)14-3-9(7-22)1-2-23-14/h1-3,10-12,27H,4-6,8H2,(H,24,28)/t10-,11-,12-/m0/s1. The Bertz CT molecular complexity index is 979. The van der Waals surface area contributed by atoms with E-state index in [0.29, 0.717) is 29.3 Å². The van der Waals surface area contributed by atoms with E-state index in [1.807, 2.05) is 6.07 Å². The number of amides is 1. The van der Waals surface area contributed by atoms with Gasteiger partial charge in [-0.25, -0.2) is 9.67 Å². The van der Waals surface area contributed by atoms with Gasteiger partial charge in [-0.1, -0.05) is 0 Å². The van der Waals surface area contributed by atoms with Gasteiger partial charge in [0.15, 0.2) is 11.5 Å². The Hall–Kier alpha value is -2.93. The van der Waals surface area contributed by atoms with Gasteiger partial charge in [-0.05, 0) is 24.8 Å². The first kappa shape index (κ1) is 18.4. The number of nitrogens with zero attached hydrogens (tertiary/aromatic N) is 4. The van der Waals surface area contributed by atoms with Crippen molar-refractivity contribution in [1.29, 1.82) is 5.26 Å². The largest absolute Gasteiger partial charge is 0.394 e. The van der Waals surface area contributed by atoms with Crippen LogP contribution < -0.4 is 5.32 Å². The van der Waals surface area contributed by atoms with Crippen molar-refractivity contribution in [2.75, 3.05) is 6.61 Å². The number of nitrogens with one attached hydrogen (secondary N) is 1. The monoisotopic (exact) mass is 391 g/mol. The predicted octanol–water partition coefficient (Wildman–Crippen LogP) is 1.84. The summed E-state index contributed by atoms with van der Waals surface area (Å²) in [6.07, 6.45) is -2.78. The molecule has 7 nitrogen and oxygen atoms in total. The molecule has 0 saturated heterocycles. The molecule has 1 amide bonds. The van der Waals surface area contributed by atoms with E-state index in [-0.39, 0.29) is 11.6 Å². The third-order valence-electron chi connectivity index (χ3n) is 5.10. The number of hydrogen-bond donors (Lipinski definition) is 2. The van der Waals surface area contributed by atoms with E-state index in [4.69, 9.17) is 5.26 Å². The van der Waals surface area contributed by atoms with Gasteiger partial charge in [0.05, 0.1) is 36.4 Å². The second kappa shape index (κ2) is 6.60. The number of fused-ring (bicyclic) bond motifs is 3. The summed E-state index contributed by atoms with van der Waals surface area (Å²) in [4.78, 5) is 16.8. The molecule has 3 atom stereocenters. The Morgan fingerprint density at radius 2 is 2.29 bits per heavy atom. The molecule has 10 heteroatoms. The van der Waals surface area contributed by atoms with E-state index in [0.717, 1.165) is 12.1 Å². The Morgan fingerprint density at radius 1 is 1.50 bits per heavy atom. The van der Waals surface area contributed by atoms with Crippen molar-refractivity contribution in [3.8, 4) is 11.9 Å². The van der Waals surface area contributed by atoms with Gasteiger partial charge in [-0.3, -0.25) is 4.79 Å². The van der Waals surface area contributed by atoms with Crippen LogP contribution in [0.4, 0.5) is 13.2 Å². The second-order valence-electron chi connectivity index (χ2n) is 7.12. The molecule has 2 aliphatic rings. The molecule has 2 aliphatic carbocycles. The normalized spacial score (nSPS) is 20.8. The molecule has 2 aromatic heterocycles. The molecular formula is C18H16F3N5O2. The number of carbonyl (C=O) groups is 1. The van der Waals surface area contributed by atoms with Gasteiger partial charge in [0.25, 0.3) is 5.91 Å². The van der Waals surface area contributed by atoms with Crippen LogP contribution in [0.2, 0.25) is 0 Å². The zero-order valence-corrected chi connectivity index (χ0v) is 14.6. The Labute approximate surface area is 157 Å². The molecule has 0 unspecified atom stereocenters. The van der Waals surface area contributed by atoms with Crippen LogP contribution in [-0.2, 0) is 6.42 Å². The van der Waals surface area contributed by atoms with E-state index in [9.17, 15) is 23.1 Å². The van der Waals surface area contributed by atoms with Crippen molar-refractivity contribution < 1.29 is 23.1 Å². The number of rotatable bonds is 5. The van der Waals surface area contributed by atoms with Gasteiger partial charge in [0, 0.05) is 23.7 Å². The Morgan fingerprint density at radius 3 is 2.96 bits per heavy atom. The predicted molar refractivity (Wildman–Crippen MR) is 89.6 cm³/mol. The van der Waals surface area contributed by atoms with E-state index in [2.05, 4.69) is 15.4 Å². The summed E-state index contributed by atoms with van der Waals surface area (Å²) in [5.74, 6) is 0.265. The third kappa shape index (κ3) is 3.33. The first-order valence-electron chi connectivity index (χ1n) is 8.77. The first-order chi connectivity index (χ1) is 13.3. The first-order valence-corrected chi connectivity index (χ1v) is 8.77. The van der Waals surface area contributed by atoms with E-state index >= 15 is 0 Å². The maximum atomic E-state index is 12.6. The van der Waals surface area contributed by atoms with Gasteiger partial charge in [0.1, 0.15) is 0 Å². The van der Waals surface area contributed by atoms with Crippen LogP contribution in [0.15, 0.2) is 18.3 Å². The highest BCUT2D eigenvalue weighted by Gasteiger charge is 2.50. The average molecular weight is 391 g/mol. The zero-order valence-electron chi connectivity index (χ0n) is 14.6. The highest BCUT2D eigenvalue weighted by molar-refractivity contribution is 5.94. The number of pyridine rings is 1. The summed E-state index contributed by atoms with van der Waals surface area (Å²) >= 11 is 0. The molecule has 0 bridgehead atoms. The molecule has 2 heterocycles. The minimum absolute atomic E-state index is 0.0481. The number of aliphatic hydroxyl groups excluding tert-OH is 1. The number of alkyl halides is 3. The maximum absolute atomic E-state index is 12.6. The summed E-state index contributed by atoms with van der Waals surface area (Å²) in [6, 6.07) is 3.67. The molecule has 0 spiro atoms. The summed E-state index contributed by atoms with van der Waals surface area (Å²) in [5, 5.41) is 24.8. The number of aliphatic hydroxyl groups is 1.